The van der Waals surface area contributed by atoms with Gasteiger partial charge in [-0.15, -0.1) is 0 Å². The lowest BCUT2D eigenvalue weighted by atomic mass is 9.91. The second kappa shape index (κ2) is 9.22. The van der Waals surface area contributed by atoms with Crippen molar-refractivity contribution in [3.8, 4) is 11.3 Å². The van der Waals surface area contributed by atoms with Gasteiger partial charge in [-0.3, -0.25) is 0 Å². The molecule has 0 bridgehead atoms. The summed E-state index contributed by atoms with van der Waals surface area (Å²) in [7, 11) is 0. The maximum Gasteiger partial charge on any atom is 0.410 e. The monoisotopic (exact) mass is 390 g/mol. The molecule has 1 aromatic heterocycles. The number of halogens is 1. The van der Waals surface area contributed by atoms with Gasteiger partial charge in [0.2, 0.25) is 0 Å². The second-order valence-corrected chi connectivity index (χ2v) is 7.77. The molecule has 0 N–H and O–H groups in total. The number of amides is 1. The van der Waals surface area contributed by atoms with Crippen LogP contribution in [0.25, 0.3) is 11.3 Å². The van der Waals surface area contributed by atoms with Gasteiger partial charge in [-0.2, -0.15) is 0 Å². The SMILES string of the molecule is CC.Cc1c(-c2ccc(F)cc2)noc1C1CCN(C(=O)OC(C)(C)C)CC1. The lowest BCUT2D eigenvalue weighted by molar-refractivity contribution is 0.0199. The van der Waals surface area contributed by atoms with Crippen molar-refractivity contribution >= 4 is 6.09 Å². The molecule has 2 heterocycles. The molecule has 1 fully saturated rings. The van der Waals surface area contributed by atoms with E-state index in [1.54, 1.807) is 17.0 Å². The molecule has 0 radical (unpaired) electrons. The molecule has 1 aromatic carbocycles. The molecule has 28 heavy (non-hydrogen) atoms. The number of carbonyl (C=O) groups excluding carboxylic acids is 1. The lowest BCUT2D eigenvalue weighted by Gasteiger charge is -2.32. The van der Waals surface area contributed by atoms with Gasteiger partial charge in [0, 0.05) is 30.1 Å². The maximum atomic E-state index is 13.1. The minimum absolute atomic E-state index is 0.218. The lowest BCUT2D eigenvalue weighted by Crippen LogP contribution is -2.41. The Bertz CT molecular complexity index is 770. The number of carbonyl (C=O) groups is 1. The van der Waals surface area contributed by atoms with Gasteiger partial charge < -0.3 is 14.2 Å². The average molecular weight is 390 g/mol. The van der Waals surface area contributed by atoms with E-state index in [1.165, 1.54) is 12.1 Å². The molecule has 2 aromatic rings. The third-order valence-corrected chi connectivity index (χ3v) is 4.60. The molecular formula is C22H31FN2O3. The molecule has 0 aliphatic carbocycles. The Morgan fingerprint density at radius 2 is 1.75 bits per heavy atom. The summed E-state index contributed by atoms with van der Waals surface area (Å²) in [6, 6.07) is 6.25. The Balaban J connectivity index is 0.00000136. The summed E-state index contributed by atoms with van der Waals surface area (Å²) in [5.41, 5.74) is 2.08. The Kier molecular flexibility index (Phi) is 7.22. The van der Waals surface area contributed by atoms with E-state index in [0.29, 0.717) is 13.1 Å². The van der Waals surface area contributed by atoms with Crippen molar-refractivity contribution in [2.24, 2.45) is 0 Å². The van der Waals surface area contributed by atoms with Crippen LogP contribution in [0, 0.1) is 12.7 Å². The van der Waals surface area contributed by atoms with Crippen molar-refractivity contribution in [2.75, 3.05) is 13.1 Å². The van der Waals surface area contributed by atoms with Crippen molar-refractivity contribution in [3.05, 3.63) is 41.4 Å². The van der Waals surface area contributed by atoms with Gasteiger partial charge in [0.25, 0.3) is 0 Å². The fraction of sp³-hybridized carbons (Fsp3) is 0.545. The van der Waals surface area contributed by atoms with Crippen molar-refractivity contribution in [2.45, 2.75) is 65.9 Å². The van der Waals surface area contributed by atoms with Crippen LogP contribution in [0.4, 0.5) is 9.18 Å². The summed E-state index contributed by atoms with van der Waals surface area (Å²) < 4.78 is 24.2. The number of hydrogen-bond donors (Lipinski definition) is 0. The van der Waals surface area contributed by atoms with Crippen molar-refractivity contribution in [1.29, 1.82) is 0 Å². The largest absolute Gasteiger partial charge is 0.444 e. The first-order valence-electron chi connectivity index (χ1n) is 9.94. The standard InChI is InChI=1S/C20H25FN2O3.C2H6/c1-13-17(14-5-7-16(21)8-6-14)22-26-18(13)15-9-11-23(12-10-15)19(24)25-20(2,3)4;1-2/h5-8,15H,9-12H2,1-4H3;1-2H3. The van der Waals surface area contributed by atoms with Crippen LogP contribution in [-0.2, 0) is 4.74 Å². The van der Waals surface area contributed by atoms with Gasteiger partial charge in [0.15, 0.2) is 0 Å². The minimum atomic E-state index is -0.487. The van der Waals surface area contributed by atoms with Crippen LogP contribution >= 0.6 is 0 Å². The van der Waals surface area contributed by atoms with Crippen molar-refractivity contribution < 1.29 is 18.4 Å². The smallest absolute Gasteiger partial charge is 0.410 e. The molecule has 0 saturated carbocycles. The molecule has 154 valence electrons. The Morgan fingerprint density at radius 3 is 2.29 bits per heavy atom. The highest BCUT2D eigenvalue weighted by molar-refractivity contribution is 5.68. The van der Waals surface area contributed by atoms with Crippen LogP contribution in [0.2, 0.25) is 0 Å². The van der Waals surface area contributed by atoms with Gasteiger partial charge in [-0.25, -0.2) is 9.18 Å². The predicted molar refractivity (Wildman–Crippen MR) is 108 cm³/mol. The van der Waals surface area contributed by atoms with Crippen molar-refractivity contribution in [1.82, 2.24) is 10.1 Å². The van der Waals surface area contributed by atoms with Crippen molar-refractivity contribution in [3.63, 3.8) is 0 Å². The summed E-state index contributed by atoms with van der Waals surface area (Å²) in [6.07, 6.45) is 1.34. The number of benzene rings is 1. The van der Waals surface area contributed by atoms with Gasteiger partial charge >= 0.3 is 6.09 Å². The quantitative estimate of drug-likeness (QED) is 0.638. The molecule has 1 amide bonds. The number of likely N-dealkylation sites (tertiary alicyclic amines) is 1. The van der Waals surface area contributed by atoms with Gasteiger partial charge in [0.05, 0.1) is 0 Å². The van der Waals surface area contributed by atoms with Crippen LogP contribution in [0.3, 0.4) is 0 Å². The third kappa shape index (κ3) is 5.33. The summed E-state index contributed by atoms with van der Waals surface area (Å²) >= 11 is 0. The summed E-state index contributed by atoms with van der Waals surface area (Å²) in [6.45, 7) is 12.8. The van der Waals surface area contributed by atoms with E-state index in [2.05, 4.69) is 5.16 Å². The van der Waals surface area contributed by atoms with E-state index < -0.39 is 5.60 Å². The molecule has 0 atom stereocenters. The Labute approximate surface area is 166 Å². The number of aromatic nitrogens is 1. The number of nitrogens with zero attached hydrogens (tertiary/aromatic N) is 2. The number of rotatable bonds is 2. The molecule has 1 aliphatic rings. The van der Waals surface area contributed by atoms with Crippen LogP contribution in [0.5, 0.6) is 0 Å². The molecule has 1 aliphatic heterocycles. The summed E-state index contributed by atoms with van der Waals surface area (Å²) in [4.78, 5) is 13.9. The molecule has 6 heteroatoms. The minimum Gasteiger partial charge on any atom is -0.444 e. The van der Waals surface area contributed by atoms with Gasteiger partial charge in [-0.05, 0) is 64.8 Å². The van der Waals surface area contributed by atoms with E-state index in [9.17, 15) is 9.18 Å². The van der Waals surface area contributed by atoms with Crippen LogP contribution in [0.1, 0.15) is 64.7 Å². The zero-order chi connectivity index (χ0) is 20.9. The number of ether oxygens (including phenoxy) is 1. The third-order valence-electron chi connectivity index (χ3n) is 4.60. The zero-order valence-electron chi connectivity index (χ0n) is 17.7. The number of hydrogen-bond acceptors (Lipinski definition) is 4. The molecule has 0 unspecified atom stereocenters. The van der Waals surface area contributed by atoms with E-state index in [1.807, 2.05) is 41.5 Å². The molecule has 5 nitrogen and oxygen atoms in total. The molecule has 3 rings (SSSR count). The zero-order valence-corrected chi connectivity index (χ0v) is 17.7. The fourth-order valence-corrected chi connectivity index (χ4v) is 3.26. The first-order valence-corrected chi connectivity index (χ1v) is 9.94. The number of piperidine rings is 1. The van der Waals surface area contributed by atoms with E-state index in [4.69, 9.17) is 9.26 Å². The highest BCUT2D eigenvalue weighted by Crippen LogP contribution is 2.35. The highest BCUT2D eigenvalue weighted by Gasteiger charge is 2.30. The Hall–Kier alpha value is -2.37. The van der Waals surface area contributed by atoms with Crippen LogP contribution in [0.15, 0.2) is 28.8 Å². The normalized spacial score (nSPS) is 15.0. The Morgan fingerprint density at radius 1 is 1.18 bits per heavy atom. The molecule has 1 saturated heterocycles. The van der Waals surface area contributed by atoms with Crippen LogP contribution < -0.4 is 0 Å². The first-order chi connectivity index (χ1) is 13.2. The summed E-state index contributed by atoms with van der Waals surface area (Å²) in [5, 5.41) is 4.19. The molecular weight excluding hydrogens is 359 g/mol. The van der Waals surface area contributed by atoms with E-state index in [0.717, 1.165) is 35.4 Å². The van der Waals surface area contributed by atoms with E-state index in [-0.39, 0.29) is 17.8 Å². The topological polar surface area (TPSA) is 55.6 Å². The second-order valence-electron chi connectivity index (χ2n) is 7.77. The first kappa shape index (κ1) is 21.9. The highest BCUT2D eigenvalue weighted by atomic mass is 19.1. The maximum absolute atomic E-state index is 13.1. The summed E-state index contributed by atoms with van der Waals surface area (Å²) in [5.74, 6) is 0.799. The average Bonchev–Trinajstić information content (AvgIpc) is 3.04. The molecule has 0 spiro atoms. The van der Waals surface area contributed by atoms with Gasteiger partial charge in [-0.1, -0.05) is 19.0 Å². The fourth-order valence-electron chi connectivity index (χ4n) is 3.26. The van der Waals surface area contributed by atoms with E-state index >= 15 is 0 Å². The predicted octanol–water partition coefficient (Wildman–Crippen LogP) is 5.93. The van der Waals surface area contributed by atoms with Gasteiger partial charge in [0.1, 0.15) is 22.9 Å². The van der Waals surface area contributed by atoms with Crippen LogP contribution in [-0.4, -0.2) is 34.8 Å².